The van der Waals surface area contributed by atoms with E-state index in [0.29, 0.717) is 5.92 Å². The average molecular weight is 330 g/mol. The molecule has 24 heavy (non-hydrogen) atoms. The second-order valence-corrected chi connectivity index (χ2v) is 8.02. The van der Waals surface area contributed by atoms with E-state index in [0.717, 1.165) is 42.7 Å². The molecule has 2 fully saturated rings. The van der Waals surface area contributed by atoms with Crippen LogP contribution in [0.25, 0.3) is 0 Å². The third-order valence-corrected chi connectivity index (χ3v) is 6.24. The van der Waals surface area contributed by atoms with Gasteiger partial charge in [0.1, 0.15) is 0 Å². The maximum absolute atomic E-state index is 10.4. The summed E-state index contributed by atoms with van der Waals surface area (Å²) >= 11 is 0. The van der Waals surface area contributed by atoms with E-state index in [2.05, 4.69) is 13.0 Å². The molecule has 0 radical (unpaired) electrons. The SMILES string of the molecule is Cc1c(C2CCCCC2)cc(C(C)O)c2c1OC1(CCCCC1)O2. The van der Waals surface area contributed by atoms with E-state index >= 15 is 0 Å². The van der Waals surface area contributed by atoms with Crippen molar-refractivity contribution in [3.05, 3.63) is 22.8 Å². The summed E-state index contributed by atoms with van der Waals surface area (Å²) in [4.78, 5) is 0. The zero-order valence-electron chi connectivity index (χ0n) is 15.1. The molecule has 2 aliphatic carbocycles. The number of aliphatic hydroxyl groups excluding tert-OH is 1. The van der Waals surface area contributed by atoms with Crippen LogP contribution in [-0.4, -0.2) is 10.9 Å². The molecule has 1 heterocycles. The number of rotatable bonds is 2. The summed E-state index contributed by atoms with van der Waals surface area (Å²) in [5.41, 5.74) is 3.53. The van der Waals surface area contributed by atoms with E-state index in [-0.39, 0.29) is 0 Å². The van der Waals surface area contributed by atoms with Crippen LogP contribution in [0.1, 0.15) is 99.8 Å². The first-order valence-corrected chi connectivity index (χ1v) is 9.83. The average Bonchev–Trinajstić information content (AvgIpc) is 2.95. The highest BCUT2D eigenvalue weighted by atomic mass is 16.7. The largest absolute Gasteiger partial charge is 0.448 e. The van der Waals surface area contributed by atoms with Crippen molar-refractivity contribution in [1.82, 2.24) is 0 Å². The van der Waals surface area contributed by atoms with E-state index in [1.807, 2.05) is 6.92 Å². The van der Waals surface area contributed by atoms with E-state index in [1.54, 1.807) is 0 Å². The van der Waals surface area contributed by atoms with Gasteiger partial charge in [0.25, 0.3) is 5.79 Å². The number of ether oxygens (including phenoxy) is 2. The van der Waals surface area contributed by atoms with Gasteiger partial charge in [0.15, 0.2) is 11.5 Å². The smallest absolute Gasteiger partial charge is 0.251 e. The van der Waals surface area contributed by atoms with E-state index in [9.17, 15) is 5.11 Å². The van der Waals surface area contributed by atoms with Crippen molar-refractivity contribution in [3.63, 3.8) is 0 Å². The van der Waals surface area contributed by atoms with Gasteiger partial charge in [-0.05, 0) is 62.6 Å². The molecule has 1 aromatic carbocycles. The van der Waals surface area contributed by atoms with Crippen molar-refractivity contribution < 1.29 is 14.6 Å². The van der Waals surface area contributed by atoms with Gasteiger partial charge < -0.3 is 14.6 Å². The Morgan fingerprint density at radius 2 is 1.62 bits per heavy atom. The summed E-state index contributed by atoms with van der Waals surface area (Å²) < 4.78 is 12.8. The Morgan fingerprint density at radius 3 is 2.29 bits per heavy atom. The number of hydrogen-bond acceptors (Lipinski definition) is 3. The zero-order chi connectivity index (χ0) is 16.7. The molecular formula is C21H30O3. The molecule has 2 saturated carbocycles. The number of aliphatic hydroxyl groups is 1. The van der Waals surface area contributed by atoms with Gasteiger partial charge in [-0.2, -0.15) is 0 Å². The van der Waals surface area contributed by atoms with Crippen molar-refractivity contribution in [3.8, 4) is 11.5 Å². The van der Waals surface area contributed by atoms with Gasteiger partial charge in [-0.15, -0.1) is 0 Å². The molecule has 1 aromatic rings. The predicted octanol–water partition coefficient (Wildman–Crippen LogP) is 5.53. The molecule has 0 saturated heterocycles. The summed E-state index contributed by atoms with van der Waals surface area (Å²) in [5.74, 6) is 1.85. The highest BCUT2D eigenvalue weighted by Gasteiger charge is 2.45. The molecule has 0 amide bonds. The minimum Gasteiger partial charge on any atom is -0.448 e. The van der Waals surface area contributed by atoms with Crippen LogP contribution >= 0.6 is 0 Å². The Kier molecular flexibility index (Phi) is 4.24. The van der Waals surface area contributed by atoms with E-state index in [4.69, 9.17) is 9.47 Å². The van der Waals surface area contributed by atoms with Crippen molar-refractivity contribution in [2.75, 3.05) is 0 Å². The van der Waals surface area contributed by atoms with Gasteiger partial charge in [0.2, 0.25) is 0 Å². The molecule has 0 aromatic heterocycles. The number of fused-ring (bicyclic) bond motifs is 1. The first-order chi connectivity index (χ1) is 11.6. The van der Waals surface area contributed by atoms with Crippen molar-refractivity contribution in [2.24, 2.45) is 0 Å². The fourth-order valence-corrected chi connectivity index (χ4v) is 4.84. The van der Waals surface area contributed by atoms with Crippen LogP contribution in [0.5, 0.6) is 11.5 Å². The van der Waals surface area contributed by atoms with Gasteiger partial charge in [0, 0.05) is 18.4 Å². The topological polar surface area (TPSA) is 38.7 Å². The molecule has 1 aliphatic heterocycles. The highest BCUT2D eigenvalue weighted by Crippen LogP contribution is 2.52. The fourth-order valence-electron chi connectivity index (χ4n) is 4.84. The lowest BCUT2D eigenvalue weighted by Crippen LogP contribution is -2.40. The summed E-state index contributed by atoms with van der Waals surface area (Å²) in [7, 11) is 0. The summed E-state index contributed by atoms with van der Waals surface area (Å²) in [5, 5.41) is 10.4. The molecule has 3 aliphatic rings. The fraction of sp³-hybridized carbons (Fsp3) is 0.714. The van der Waals surface area contributed by atoms with Crippen LogP contribution in [0.4, 0.5) is 0 Å². The molecule has 1 spiro atoms. The first-order valence-electron chi connectivity index (χ1n) is 9.83. The highest BCUT2D eigenvalue weighted by molar-refractivity contribution is 5.58. The van der Waals surface area contributed by atoms with Gasteiger partial charge >= 0.3 is 0 Å². The summed E-state index contributed by atoms with van der Waals surface area (Å²) in [6, 6.07) is 2.21. The molecule has 3 nitrogen and oxygen atoms in total. The van der Waals surface area contributed by atoms with Gasteiger partial charge in [0.05, 0.1) is 6.10 Å². The molecule has 1 N–H and O–H groups in total. The van der Waals surface area contributed by atoms with Crippen molar-refractivity contribution >= 4 is 0 Å². The standard InChI is InChI=1S/C21H30O3/c1-14-17(16-9-5-3-6-10-16)13-18(15(2)22)20-19(14)23-21(24-20)11-7-4-8-12-21/h13,15-16,22H,3-12H2,1-2H3. The zero-order valence-corrected chi connectivity index (χ0v) is 15.1. The maximum Gasteiger partial charge on any atom is 0.251 e. The molecule has 132 valence electrons. The van der Waals surface area contributed by atoms with E-state index in [1.165, 1.54) is 49.7 Å². The van der Waals surface area contributed by atoms with Crippen LogP contribution in [0.2, 0.25) is 0 Å². The minimum atomic E-state index is -0.524. The van der Waals surface area contributed by atoms with Gasteiger partial charge in [-0.3, -0.25) is 0 Å². The Bertz CT molecular complexity index is 608. The van der Waals surface area contributed by atoms with Crippen molar-refractivity contribution in [2.45, 2.75) is 95.9 Å². The molecule has 1 unspecified atom stereocenters. The Balaban J connectivity index is 1.75. The second-order valence-electron chi connectivity index (χ2n) is 8.02. The molecule has 1 atom stereocenters. The molecule has 0 bridgehead atoms. The normalized spacial score (nSPS) is 24.3. The second kappa shape index (κ2) is 6.25. The van der Waals surface area contributed by atoms with Gasteiger partial charge in [-0.25, -0.2) is 0 Å². The Morgan fingerprint density at radius 1 is 1.00 bits per heavy atom. The van der Waals surface area contributed by atoms with Gasteiger partial charge in [-0.1, -0.05) is 25.7 Å². The lowest BCUT2D eigenvalue weighted by Gasteiger charge is -2.31. The summed E-state index contributed by atoms with van der Waals surface area (Å²) in [6.07, 6.45) is 11.5. The molecule has 4 rings (SSSR count). The summed E-state index contributed by atoms with van der Waals surface area (Å²) in [6.45, 7) is 4.02. The number of benzene rings is 1. The monoisotopic (exact) mass is 330 g/mol. The lowest BCUT2D eigenvalue weighted by molar-refractivity contribution is -0.106. The van der Waals surface area contributed by atoms with Crippen LogP contribution < -0.4 is 9.47 Å². The van der Waals surface area contributed by atoms with Crippen LogP contribution in [-0.2, 0) is 0 Å². The van der Waals surface area contributed by atoms with Crippen molar-refractivity contribution in [1.29, 1.82) is 0 Å². The number of hydrogen-bond donors (Lipinski definition) is 1. The van der Waals surface area contributed by atoms with Crippen LogP contribution in [0.3, 0.4) is 0 Å². The quantitative estimate of drug-likeness (QED) is 0.775. The third-order valence-electron chi connectivity index (χ3n) is 6.24. The maximum atomic E-state index is 10.4. The van der Waals surface area contributed by atoms with E-state index < -0.39 is 11.9 Å². The van der Waals surface area contributed by atoms with Crippen LogP contribution in [0.15, 0.2) is 6.07 Å². The minimum absolute atomic E-state index is 0.472. The Hall–Kier alpha value is -1.22. The lowest BCUT2D eigenvalue weighted by atomic mass is 9.81. The third kappa shape index (κ3) is 2.71. The first kappa shape index (κ1) is 16.3. The predicted molar refractivity (Wildman–Crippen MR) is 94.7 cm³/mol. The molecule has 3 heteroatoms. The van der Waals surface area contributed by atoms with Crippen LogP contribution in [0, 0.1) is 6.92 Å². The Labute approximate surface area is 145 Å². The molecular weight excluding hydrogens is 300 g/mol.